The summed E-state index contributed by atoms with van der Waals surface area (Å²) in [7, 11) is 0. The highest BCUT2D eigenvalue weighted by atomic mass is 16.5. The second-order valence-corrected chi connectivity index (χ2v) is 19.5. The largest absolute Gasteiger partial charge is 0.490 e. The first-order chi connectivity index (χ1) is 34.8. The van der Waals surface area contributed by atoms with Gasteiger partial charge in [-0.15, -0.1) is 0 Å². The Bertz CT molecular complexity index is 3130. The molecule has 370 valence electrons. The number of ether oxygens (including phenoxy) is 2. The van der Waals surface area contributed by atoms with Gasteiger partial charge in [-0.05, 0) is 131 Å². The first-order valence-corrected chi connectivity index (χ1v) is 24.5. The summed E-state index contributed by atoms with van der Waals surface area (Å²) in [5.74, 6) is 2.02. The summed E-state index contributed by atoms with van der Waals surface area (Å²) in [6.07, 6.45) is 5.68. The van der Waals surface area contributed by atoms with Crippen molar-refractivity contribution in [3.63, 3.8) is 0 Å². The normalized spacial score (nSPS) is 18.7. The van der Waals surface area contributed by atoms with E-state index in [-0.39, 0.29) is 42.5 Å². The predicted molar refractivity (Wildman–Crippen MR) is 262 cm³/mol. The van der Waals surface area contributed by atoms with E-state index in [2.05, 4.69) is 38.5 Å². The Morgan fingerprint density at radius 1 is 0.750 bits per heavy atom. The molecule has 0 saturated carbocycles. The topological polar surface area (TPSA) is 242 Å². The number of nitriles is 2. The van der Waals surface area contributed by atoms with Crippen LogP contribution in [0.5, 0.6) is 11.5 Å². The summed E-state index contributed by atoms with van der Waals surface area (Å²) in [6, 6.07) is 26.8. The molecular formula is C55H56N8O9. The molecule has 2 spiro atoms. The highest BCUT2D eigenvalue weighted by molar-refractivity contribution is 5.92. The molecule has 2 saturated heterocycles. The summed E-state index contributed by atoms with van der Waals surface area (Å²) in [6.45, 7) is 9.86. The number of rotatable bonds is 15. The van der Waals surface area contributed by atoms with E-state index in [9.17, 15) is 30.0 Å². The molecule has 10 rings (SSSR count). The van der Waals surface area contributed by atoms with Crippen molar-refractivity contribution < 1.29 is 43.1 Å². The van der Waals surface area contributed by atoms with Gasteiger partial charge in [0.2, 0.25) is 23.5 Å². The van der Waals surface area contributed by atoms with Gasteiger partial charge in [0, 0.05) is 66.7 Å². The molecule has 2 N–H and O–H groups in total. The molecule has 72 heavy (non-hydrogen) atoms. The molecule has 2 unspecified atom stereocenters. The third-order valence-electron chi connectivity index (χ3n) is 14.1. The van der Waals surface area contributed by atoms with E-state index in [4.69, 9.17) is 23.6 Å². The van der Waals surface area contributed by atoms with Crippen LogP contribution in [0, 0.1) is 22.7 Å². The Balaban J connectivity index is 0.000000179. The zero-order valence-electron chi connectivity index (χ0n) is 40.8. The third-order valence-corrected chi connectivity index (χ3v) is 14.1. The van der Waals surface area contributed by atoms with Crippen molar-refractivity contribution in [3.05, 3.63) is 106 Å². The molecule has 2 aliphatic carbocycles. The fourth-order valence-electron chi connectivity index (χ4n) is 10.9. The number of hydrogen-bond donors (Lipinski definition) is 2. The second-order valence-electron chi connectivity index (χ2n) is 19.5. The van der Waals surface area contributed by atoms with Gasteiger partial charge in [0.15, 0.2) is 0 Å². The van der Waals surface area contributed by atoms with E-state index in [1.54, 1.807) is 41.3 Å². The van der Waals surface area contributed by atoms with Crippen LogP contribution in [0.3, 0.4) is 0 Å². The van der Waals surface area contributed by atoms with Gasteiger partial charge in [-0.25, -0.2) is 0 Å². The maximum Gasteiger partial charge on any atom is 0.303 e. The van der Waals surface area contributed by atoms with E-state index in [1.807, 2.05) is 62.9 Å². The number of β-amino-alcohol motifs (C(OH)–C–C–N with tert-alkyl or cyclic N) is 1. The van der Waals surface area contributed by atoms with Gasteiger partial charge in [-0.2, -0.15) is 20.5 Å². The van der Waals surface area contributed by atoms with Gasteiger partial charge in [-0.1, -0.05) is 46.7 Å². The Morgan fingerprint density at radius 3 is 1.88 bits per heavy atom. The van der Waals surface area contributed by atoms with Crippen molar-refractivity contribution in [1.82, 2.24) is 30.1 Å². The summed E-state index contributed by atoms with van der Waals surface area (Å²) in [5, 5.41) is 45.7. The first kappa shape index (κ1) is 49.1. The average molecular weight is 973 g/mol. The Hall–Kier alpha value is -7.89. The number of carbonyl (C=O) groups excluding carboxylic acids is 2. The lowest BCUT2D eigenvalue weighted by molar-refractivity contribution is -0.137. The van der Waals surface area contributed by atoms with Crippen LogP contribution in [-0.2, 0) is 38.1 Å². The Kier molecular flexibility index (Phi) is 13.9. The minimum atomic E-state index is -0.807. The van der Waals surface area contributed by atoms with E-state index < -0.39 is 11.4 Å². The average Bonchev–Trinajstić information content (AvgIpc) is 4.25. The minimum Gasteiger partial charge on any atom is -0.490 e. The van der Waals surface area contributed by atoms with Crippen molar-refractivity contribution in [2.24, 2.45) is 0 Å². The van der Waals surface area contributed by atoms with Crippen molar-refractivity contribution >= 4 is 17.8 Å². The van der Waals surface area contributed by atoms with Crippen LogP contribution in [0.4, 0.5) is 0 Å². The Labute approximate surface area is 417 Å². The van der Waals surface area contributed by atoms with Crippen LogP contribution in [-0.4, -0.2) is 103 Å². The summed E-state index contributed by atoms with van der Waals surface area (Å²) in [4.78, 5) is 49.8. The minimum absolute atomic E-state index is 0.0293. The highest BCUT2D eigenvalue weighted by Gasteiger charge is 2.52. The van der Waals surface area contributed by atoms with Crippen LogP contribution in [0.1, 0.15) is 106 Å². The summed E-state index contributed by atoms with van der Waals surface area (Å²) >= 11 is 0. The van der Waals surface area contributed by atoms with Crippen LogP contribution in [0.2, 0.25) is 0 Å². The summed E-state index contributed by atoms with van der Waals surface area (Å²) in [5.41, 5.74) is 7.47. The molecule has 4 heterocycles. The number of fused-ring (bicyclic) bond motifs is 4. The molecule has 2 aromatic heterocycles. The van der Waals surface area contributed by atoms with Crippen LogP contribution in [0.25, 0.3) is 45.7 Å². The maximum atomic E-state index is 13.2. The van der Waals surface area contributed by atoms with Crippen molar-refractivity contribution in [1.29, 1.82) is 10.5 Å². The maximum absolute atomic E-state index is 13.2. The number of aliphatic hydroxyl groups is 1. The van der Waals surface area contributed by atoms with Crippen molar-refractivity contribution in [2.75, 3.05) is 32.8 Å². The number of amides is 2. The van der Waals surface area contributed by atoms with Crippen LogP contribution in [0.15, 0.2) is 81.8 Å². The number of carboxylic acids is 1. The van der Waals surface area contributed by atoms with Gasteiger partial charge < -0.3 is 38.5 Å². The molecule has 17 heteroatoms. The lowest BCUT2D eigenvalue weighted by Gasteiger charge is -2.25. The number of carbonyl (C=O) groups is 3. The molecule has 6 aromatic rings. The number of aromatic nitrogens is 4. The predicted octanol–water partition coefficient (Wildman–Crippen LogP) is 8.20. The summed E-state index contributed by atoms with van der Waals surface area (Å²) < 4.78 is 22.6. The number of benzene rings is 4. The fraction of sp³-hybridized carbons (Fsp3) is 0.400. The monoisotopic (exact) mass is 972 g/mol. The zero-order chi connectivity index (χ0) is 50.7. The molecule has 0 radical (unpaired) electrons. The number of unbranched alkanes of at least 4 members (excludes halogenated alkanes) is 1. The van der Waals surface area contributed by atoms with Gasteiger partial charge in [-0.3, -0.25) is 14.4 Å². The number of hydrogen-bond acceptors (Lipinski definition) is 14. The first-order valence-electron chi connectivity index (χ1n) is 24.5. The smallest absolute Gasteiger partial charge is 0.303 e. The third kappa shape index (κ3) is 9.52. The van der Waals surface area contributed by atoms with Crippen LogP contribution >= 0.6 is 0 Å². The number of carboxylic acid groups (broad SMARTS) is 1. The highest BCUT2D eigenvalue weighted by Crippen LogP contribution is 2.50. The molecule has 2 atom stereocenters. The van der Waals surface area contributed by atoms with Gasteiger partial charge >= 0.3 is 5.97 Å². The number of likely N-dealkylation sites (tertiary alicyclic amines) is 2. The molecule has 2 amide bonds. The molecule has 0 bridgehead atoms. The SMILES string of the molecule is CC(C)Oc1ccc(-c2nc(-c3cccc4c3CCC43CC(=O)N(CCCCC(=O)O)C3)no2)cc1C#N.CC(C)Oc1ccc(-c2nc(-c3cccc4c3CCC43CCN(CCO)C3=O)no2)cc1C#N. The van der Waals surface area contributed by atoms with Gasteiger partial charge in [0.25, 0.3) is 11.8 Å². The van der Waals surface area contributed by atoms with E-state index in [0.29, 0.717) is 103 Å². The molecule has 2 fully saturated rings. The lowest BCUT2D eigenvalue weighted by Crippen LogP contribution is -2.37. The van der Waals surface area contributed by atoms with E-state index >= 15 is 0 Å². The van der Waals surface area contributed by atoms with E-state index in [0.717, 1.165) is 65.5 Å². The zero-order valence-corrected chi connectivity index (χ0v) is 40.8. The van der Waals surface area contributed by atoms with E-state index in [1.165, 1.54) is 0 Å². The van der Waals surface area contributed by atoms with Crippen molar-refractivity contribution in [3.8, 4) is 69.3 Å². The number of aliphatic hydroxyl groups excluding tert-OH is 1. The molecule has 2 aliphatic heterocycles. The van der Waals surface area contributed by atoms with Gasteiger partial charge in [0.1, 0.15) is 23.6 Å². The quantitative estimate of drug-likeness (QED) is 0.0922. The second kappa shape index (κ2) is 20.4. The number of aliphatic carboxylic acids is 1. The van der Waals surface area contributed by atoms with Crippen molar-refractivity contribution in [2.45, 2.75) is 109 Å². The molecule has 17 nitrogen and oxygen atoms in total. The molecule has 4 aromatic carbocycles. The standard InChI is InChI=1S/C29H30N4O5.C26H26N4O4/c1-18(2)37-24-10-9-19(14-20(24)16-30)28-31-27(32-38-28)22-6-5-7-23-21(22)11-12-29(23)15-25(34)33(17-29)13-4-3-8-26(35)36;1-16(2)33-22-7-6-17(14-18(22)15-27)24-28-23(29-34-24)20-4-3-5-21-19(20)8-9-26(21)10-11-30(12-13-31)25(26)32/h5-7,9-10,14,18H,3-4,8,11-13,15,17H2,1-2H3,(H,35,36);3-7,14,16,31H,8-13H2,1-2H3. The van der Waals surface area contributed by atoms with Gasteiger partial charge in [0.05, 0.1) is 35.4 Å². The Morgan fingerprint density at radius 2 is 1.32 bits per heavy atom. The number of nitrogens with zero attached hydrogens (tertiary/aromatic N) is 8. The molecular weight excluding hydrogens is 917 g/mol. The molecule has 4 aliphatic rings. The fourth-order valence-corrected chi connectivity index (χ4v) is 10.9. The van der Waals surface area contributed by atoms with Crippen LogP contribution < -0.4 is 9.47 Å². The lowest BCUT2D eigenvalue weighted by atomic mass is 9.80.